The molecule has 2 N–H and O–H groups in total. The number of methoxy groups -OCH3 is 1. The fourth-order valence-corrected chi connectivity index (χ4v) is 12.6. The number of hydrogen-bond acceptors (Lipinski definition) is 13. The lowest BCUT2D eigenvalue weighted by molar-refractivity contribution is -0.385. The minimum Gasteiger partial charge on any atom is -0.497 e. The van der Waals surface area contributed by atoms with E-state index < -0.39 is 70.7 Å². The Hall–Kier alpha value is -5.18. The number of ketones is 1. The number of fused-ring (bicyclic) bond motifs is 1. The van der Waals surface area contributed by atoms with E-state index in [2.05, 4.69) is 11.9 Å². The maximum Gasteiger partial charge on any atom is 0.306 e. The molecule has 0 radical (unpaired) electrons. The number of allylic oxidation sites excluding steroid dienone is 1. The highest BCUT2D eigenvalue weighted by atomic mass is 32.1. The molecule has 1 saturated heterocycles. The largest absolute Gasteiger partial charge is 0.497 e. The van der Waals surface area contributed by atoms with Gasteiger partial charge >= 0.3 is 5.97 Å². The molecule has 64 heavy (non-hydrogen) atoms. The van der Waals surface area contributed by atoms with Gasteiger partial charge in [-0.3, -0.25) is 29.1 Å². The normalized spacial score (nSPS) is 22.5. The van der Waals surface area contributed by atoms with Gasteiger partial charge in [-0.05, 0) is 69.4 Å². The monoisotopic (exact) mass is 915 g/mol. The number of aromatic nitrogens is 2. The number of anilines is 1. The van der Waals surface area contributed by atoms with Crippen molar-refractivity contribution < 1.29 is 43.0 Å². The van der Waals surface area contributed by atoms with Crippen molar-refractivity contribution in [3.63, 3.8) is 0 Å². The van der Waals surface area contributed by atoms with Crippen LogP contribution >= 0.6 is 18.7 Å². The van der Waals surface area contributed by atoms with E-state index in [9.17, 15) is 29.2 Å². The van der Waals surface area contributed by atoms with Crippen molar-refractivity contribution in [1.82, 2.24) is 14.9 Å². The summed E-state index contributed by atoms with van der Waals surface area (Å²) in [6, 6.07) is 12.1. The fraction of sp³-hybridized carbons (Fsp3) is 0.511. The second kappa shape index (κ2) is 18.7. The van der Waals surface area contributed by atoms with Crippen molar-refractivity contribution in [2.24, 2.45) is 17.3 Å². The number of nitrogens with zero attached hydrogens (tertiary/aromatic N) is 4. The van der Waals surface area contributed by atoms with Crippen LogP contribution in [0.25, 0.3) is 22.3 Å². The smallest absolute Gasteiger partial charge is 0.306 e. The molecule has 0 spiro atoms. The first-order valence-corrected chi connectivity index (χ1v) is 24.6. The molecule has 6 atom stereocenters. The number of thiazole rings is 1. The summed E-state index contributed by atoms with van der Waals surface area (Å²) in [5.41, 5.74) is 0.830. The number of carbonyl (C=O) groups is 3. The third-order valence-corrected chi connectivity index (χ3v) is 16.4. The van der Waals surface area contributed by atoms with Crippen LogP contribution in [0, 0.1) is 27.4 Å². The first-order chi connectivity index (χ1) is 30.3. The molecule has 2 saturated carbocycles. The lowest BCUT2D eigenvalue weighted by atomic mass is 9.77. The predicted molar refractivity (Wildman–Crippen MR) is 246 cm³/mol. The van der Waals surface area contributed by atoms with E-state index in [4.69, 9.17) is 24.2 Å². The third-order valence-electron chi connectivity index (χ3n) is 12.8. The van der Waals surface area contributed by atoms with Crippen LogP contribution in [0.4, 0.5) is 10.8 Å². The standard InChI is InChI=1S/C47H58N5O10PS/c1-8-30-23-47(30,63(58,59)26-29-13-9-12-16-39(29)52(56)57)24-41(53)40-20-33(25-51(40)44(55)35(46(4,5)6)21-43(54)62-31-14-10-11-15-31)61-42-22-37(38-27-64-45(50-38)48-28(2)3)49-36-19-32(60-7)17-18-34(36)42/h8-9,12-13,16-19,22,27-28,30-31,33,35,40H,1,10-11,14-15,20-21,23-26H2,2-7H3,(H,48,50)(H,58,59)/t30-,33-,35-,40+,47-/m1/s1. The third kappa shape index (κ3) is 10.0. The maximum atomic E-state index is 15.0. The number of esters is 1. The number of nitro benzene ring substituents is 1. The molecule has 3 heterocycles. The molecule has 3 fully saturated rings. The van der Waals surface area contributed by atoms with Crippen molar-refractivity contribution in [1.29, 1.82) is 0 Å². The van der Waals surface area contributed by atoms with Crippen LogP contribution in [0.3, 0.4) is 0 Å². The molecular formula is C47H58N5O10PS. The molecule has 15 nitrogen and oxygen atoms in total. The molecule has 2 aromatic carbocycles. The highest BCUT2D eigenvalue weighted by Gasteiger charge is 2.65. The topological polar surface area (TPSA) is 200 Å². The van der Waals surface area contributed by atoms with Crippen LogP contribution < -0.4 is 14.8 Å². The number of para-hydroxylation sites is 1. The van der Waals surface area contributed by atoms with E-state index in [1.54, 1.807) is 37.5 Å². The number of ether oxygens (including phenoxy) is 3. The summed E-state index contributed by atoms with van der Waals surface area (Å²) in [5.74, 6) is -1.69. The Bertz CT molecular complexity index is 2480. The van der Waals surface area contributed by atoms with Crippen LogP contribution in [0.2, 0.25) is 0 Å². The van der Waals surface area contributed by atoms with Crippen molar-refractivity contribution in [3.8, 4) is 22.9 Å². The molecule has 0 bridgehead atoms. The van der Waals surface area contributed by atoms with Crippen molar-refractivity contribution in [3.05, 3.63) is 82.2 Å². The van der Waals surface area contributed by atoms with Gasteiger partial charge in [0.15, 0.2) is 10.9 Å². The minimum absolute atomic E-state index is 0.0150. The summed E-state index contributed by atoms with van der Waals surface area (Å²) in [6.45, 7) is 13.5. The molecule has 7 rings (SSSR count). The van der Waals surface area contributed by atoms with Gasteiger partial charge in [0.25, 0.3) is 5.69 Å². The SMILES string of the molecule is C=C[C@@H]1C[C@]1(CC(=O)[C@@H]1C[C@@H](Oc2cc(-c3csc(NC(C)C)n3)nc3cc(OC)ccc23)CN1C(=O)[C@@H](CC(=O)OC1CCCC1)C(C)(C)C)P(=O)(O)Cc1ccccc1[N+](=O)[O-]. The van der Waals surface area contributed by atoms with Gasteiger partial charge in [-0.15, -0.1) is 17.9 Å². The number of likely N-dealkylation sites (tertiary alicyclic amines) is 1. The van der Waals surface area contributed by atoms with Gasteiger partial charge in [-0.2, -0.15) is 0 Å². The van der Waals surface area contributed by atoms with Gasteiger partial charge in [0.1, 0.15) is 29.4 Å². The van der Waals surface area contributed by atoms with Gasteiger partial charge in [-0.25, -0.2) is 9.97 Å². The highest BCUT2D eigenvalue weighted by Crippen LogP contribution is 2.74. The average Bonchev–Trinajstić information content (AvgIpc) is 3.63. The van der Waals surface area contributed by atoms with Crippen LogP contribution in [0.1, 0.15) is 91.5 Å². The minimum atomic E-state index is -4.33. The van der Waals surface area contributed by atoms with Crippen molar-refractivity contribution in [2.75, 3.05) is 19.0 Å². The summed E-state index contributed by atoms with van der Waals surface area (Å²) in [7, 11) is -2.76. The van der Waals surface area contributed by atoms with E-state index in [0.717, 1.165) is 30.8 Å². The number of nitrogens with one attached hydrogen (secondary N) is 1. The Morgan fingerprint density at radius 3 is 2.50 bits per heavy atom. The lowest BCUT2D eigenvalue weighted by Crippen LogP contribution is -2.48. The van der Waals surface area contributed by atoms with Crippen LogP contribution in [-0.2, 0) is 29.8 Å². The zero-order valence-corrected chi connectivity index (χ0v) is 39.0. The number of pyridine rings is 1. The Balaban J connectivity index is 1.23. The maximum absolute atomic E-state index is 15.0. The summed E-state index contributed by atoms with van der Waals surface area (Å²) in [5, 5.41) is 17.1. The number of nitro groups is 1. The first-order valence-electron chi connectivity index (χ1n) is 21.9. The van der Waals surface area contributed by atoms with Crippen LogP contribution in [0.15, 0.2) is 66.6 Å². The second-order valence-corrected chi connectivity index (χ2v) is 22.2. The predicted octanol–water partition coefficient (Wildman–Crippen LogP) is 9.36. The summed E-state index contributed by atoms with van der Waals surface area (Å²) >= 11 is 1.45. The van der Waals surface area contributed by atoms with Gasteiger partial charge in [0.2, 0.25) is 13.3 Å². The molecule has 1 unspecified atom stereocenters. The number of amides is 1. The van der Waals surface area contributed by atoms with Crippen molar-refractivity contribution >= 4 is 58.1 Å². The van der Waals surface area contributed by atoms with E-state index in [-0.39, 0.29) is 55.6 Å². The molecule has 2 aliphatic carbocycles. The molecule has 4 aromatic rings. The summed E-state index contributed by atoms with van der Waals surface area (Å²) in [6.07, 6.45) is 3.29. The lowest BCUT2D eigenvalue weighted by Gasteiger charge is -2.35. The van der Waals surface area contributed by atoms with E-state index in [0.29, 0.717) is 33.8 Å². The Labute approximate surface area is 377 Å². The molecule has 3 aliphatic rings. The van der Waals surface area contributed by atoms with Gasteiger partial charge in [0, 0.05) is 53.4 Å². The molecule has 17 heteroatoms. The van der Waals surface area contributed by atoms with Crippen LogP contribution in [-0.4, -0.2) is 85.4 Å². The second-order valence-electron chi connectivity index (χ2n) is 18.8. The summed E-state index contributed by atoms with van der Waals surface area (Å²) < 4.78 is 32.7. The van der Waals surface area contributed by atoms with E-state index >= 15 is 4.79 Å². The fourth-order valence-electron chi connectivity index (χ4n) is 9.20. The van der Waals surface area contributed by atoms with E-state index in [1.807, 2.05) is 46.1 Å². The Kier molecular flexibility index (Phi) is 13.7. The Morgan fingerprint density at radius 2 is 1.84 bits per heavy atom. The molecular weight excluding hydrogens is 858 g/mol. The number of rotatable bonds is 18. The van der Waals surface area contributed by atoms with Crippen molar-refractivity contribution in [2.45, 2.75) is 122 Å². The van der Waals surface area contributed by atoms with Gasteiger partial charge < -0.3 is 29.3 Å². The number of benzene rings is 2. The van der Waals surface area contributed by atoms with Crippen LogP contribution in [0.5, 0.6) is 11.5 Å². The number of carbonyl (C=O) groups excluding carboxylic acids is 3. The van der Waals surface area contributed by atoms with E-state index in [1.165, 1.54) is 34.4 Å². The van der Waals surface area contributed by atoms with Gasteiger partial charge in [-0.1, -0.05) is 45.0 Å². The molecule has 1 aliphatic heterocycles. The average molecular weight is 916 g/mol. The zero-order valence-electron chi connectivity index (χ0n) is 37.3. The van der Waals surface area contributed by atoms with Gasteiger partial charge in [0.05, 0.1) is 59.5 Å². The quantitative estimate of drug-likeness (QED) is 0.0315. The molecule has 1 amide bonds. The summed E-state index contributed by atoms with van der Waals surface area (Å²) in [4.78, 5) is 77.7. The zero-order chi connectivity index (χ0) is 46.1. The highest BCUT2D eigenvalue weighted by molar-refractivity contribution is 7.59. The molecule has 2 aromatic heterocycles. The number of Topliss-reactive ketones (excluding diaryl/α,β-unsaturated/α-hetero) is 1. The first kappa shape index (κ1) is 46.8. The Morgan fingerprint density at radius 1 is 1.11 bits per heavy atom. The number of hydrogen-bond donors (Lipinski definition) is 2. The molecule has 342 valence electrons.